The molecule has 0 saturated carbocycles. The van der Waals surface area contributed by atoms with E-state index in [9.17, 15) is 8.42 Å². The molecule has 0 aromatic carbocycles. The number of aromatic nitrogens is 1. The Balaban J connectivity index is 1.96. The minimum absolute atomic E-state index is 0.0468. The highest BCUT2D eigenvalue weighted by Crippen LogP contribution is 2.12. The summed E-state index contributed by atoms with van der Waals surface area (Å²) in [6.07, 6.45) is 1.58. The van der Waals surface area contributed by atoms with E-state index in [0.29, 0.717) is 18.9 Å². The summed E-state index contributed by atoms with van der Waals surface area (Å²) < 4.78 is 23.0. The van der Waals surface area contributed by atoms with Crippen molar-refractivity contribution in [3.8, 4) is 0 Å². The van der Waals surface area contributed by atoms with Gasteiger partial charge in [-0.3, -0.25) is 0 Å². The SMILES string of the molecule is CCNC(=NCc1csc(CC)n1)NC1CCS(=O)(=O)C1. The summed E-state index contributed by atoms with van der Waals surface area (Å²) in [4.78, 5) is 8.96. The molecule has 1 saturated heterocycles. The molecule has 1 atom stereocenters. The zero-order chi connectivity index (χ0) is 15.3. The van der Waals surface area contributed by atoms with Gasteiger partial charge in [-0.25, -0.2) is 18.4 Å². The minimum atomic E-state index is -2.88. The molecule has 2 N–H and O–H groups in total. The molecule has 1 aromatic rings. The largest absolute Gasteiger partial charge is 0.357 e. The molecule has 118 valence electrons. The fraction of sp³-hybridized carbons (Fsp3) is 0.692. The third-order valence-electron chi connectivity index (χ3n) is 3.22. The first-order valence-electron chi connectivity index (χ1n) is 7.21. The van der Waals surface area contributed by atoms with Crippen LogP contribution in [-0.2, 0) is 22.8 Å². The number of nitrogens with zero attached hydrogens (tertiary/aromatic N) is 2. The van der Waals surface area contributed by atoms with Crippen molar-refractivity contribution in [1.29, 1.82) is 0 Å². The Bertz CT molecular complexity index is 595. The van der Waals surface area contributed by atoms with Gasteiger partial charge in [0, 0.05) is 18.0 Å². The lowest BCUT2D eigenvalue weighted by Gasteiger charge is -2.15. The van der Waals surface area contributed by atoms with Gasteiger partial charge in [0.2, 0.25) is 0 Å². The number of aryl methyl sites for hydroxylation is 1. The Labute approximate surface area is 130 Å². The maximum absolute atomic E-state index is 11.5. The number of rotatable bonds is 5. The molecule has 2 rings (SSSR count). The van der Waals surface area contributed by atoms with Crippen LogP contribution in [0.1, 0.15) is 31.0 Å². The first kappa shape index (κ1) is 16.2. The number of sulfone groups is 1. The number of guanidine groups is 1. The Morgan fingerprint density at radius 3 is 2.90 bits per heavy atom. The number of thiazole rings is 1. The Morgan fingerprint density at radius 2 is 2.33 bits per heavy atom. The highest BCUT2D eigenvalue weighted by Gasteiger charge is 2.28. The number of aliphatic imine (C=N–C) groups is 1. The summed E-state index contributed by atoms with van der Waals surface area (Å²) in [5.74, 6) is 1.11. The average molecular weight is 330 g/mol. The van der Waals surface area contributed by atoms with E-state index in [1.165, 1.54) is 0 Å². The van der Waals surface area contributed by atoms with Crippen LogP contribution in [0, 0.1) is 0 Å². The van der Waals surface area contributed by atoms with Gasteiger partial charge in [0.25, 0.3) is 0 Å². The van der Waals surface area contributed by atoms with Crippen molar-refractivity contribution in [1.82, 2.24) is 15.6 Å². The van der Waals surface area contributed by atoms with E-state index in [2.05, 4.69) is 27.5 Å². The lowest BCUT2D eigenvalue weighted by molar-refractivity contribution is 0.599. The molecule has 8 heteroatoms. The molecule has 1 aliphatic rings. The summed E-state index contributed by atoms with van der Waals surface area (Å²) in [5, 5.41) is 9.48. The Hall–Kier alpha value is -1.15. The van der Waals surface area contributed by atoms with Crippen LogP contribution in [0.3, 0.4) is 0 Å². The predicted molar refractivity (Wildman–Crippen MR) is 86.5 cm³/mol. The van der Waals surface area contributed by atoms with E-state index < -0.39 is 9.84 Å². The fourth-order valence-electron chi connectivity index (χ4n) is 2.17. The highest BCUT2D eigenvalue weighted by atomic mass is 32.2. The van der Waals surface area contributed by atoms with Crippen molar-refractivity contribution in [2.24, 2.45) is 4.99 Å². The normalized spacial score (nSPS) is 21.4. The zero-order valence-corrected chi connectivity index (χ0v) is 14.1. The van der Waals surface area contributed by atoms with Crippen molar-refractivity contribution < 1.29 is 8.42 Å². The molecule has 21 heavy (non-hydrogen) atoms. The van der Waals surface area contributed by atoms with Gasteiger partial charge in [-0.05, 0) is 19.8 Å². The van der Waals surface area contributed by atoms with Gasteiger partial charge in [0.15, 0.2) is 15.8 Å². The van der Waals surface area contributed by atoms with Gasteiger partial charge < -0.3 is 10.6 Å². The second-order valence-corrected chi connectivity index (χ2v) is 8.20. The number of hydrogen-bond donors (Lipinski definition) is 2. The standard InChI is InChI=1S/C13H22N4O2S2/c1-3-12-16-11(8-20-12)7-15-13(14-4-2)17-10-5-6-21(18,19)9-10/h8,10H,3-7,9H2,1-2H3,(H2,14,15,17). The molecule has 6 nitrogen and oxygen atoms in total. The lowest BCUT2D eigenvalue weighted by atomic mass is 10.3. The molecule has 0 aliphatic carbocycles. The molecule has 1 fully saturated rings. The molecule has 1 aromatic heterocycles. The van der Waals surface area contributed by atoms with Crippen molar-refractivity contribution in [3.63, 3.8) is 0 Å². The van der Waals surface area contributed by atoms with Crippen LogP contribution < -0.4 is 10.6 Å². The average Bonchev–Trinajstić information content (AvgIpc) is 3.02. The molecular formula is C13H22N4O2S2. The van der Waals surface area contributed by atoms with Crippen LogP contribution in [0.5, 0.6) is 0 Å². The summed E-state index contributed by atoms with van der Waals surface area (Å²) in [7, 11) is -2.88. The van der Waals surface area contributed by atoms with Gasteiger partial charge in [-0.2, -0.15) is 0 Å². The summed E-state index contributed by atoms with van der Waals surface area (Å²) >= 11 is 1.65. The maximum Gasteiger partial charge on any atom is 0.191 e. The van der Waals surface area contributed by atoms with Gasteiger partial charge in [-0.1, -0.05) is 6.92 Å². The van der Waals surface area contributed by atoms with Crippen LogP contribution >= 0.6 is 11.3 Å². The van der Waals surface area contributed by atoms with Crippen molar-refractivity contribution >= 4 is 27.1 Å². The summed E-state index contributed by atoms with van der Waals surface area (Å²) in [6.45, 7) is 5.31. The van der Waals surface area contributed by atoms with E-state index in [-0.39, 0.29) is 17.5 Å². The molecule has 0 radical (unpaired) electrons. The molecule has 1 unspecified atom stereocenters. The third kappa shape index (κ3) is 4.96. The number of nitrogens with one attached hydrogen (secondary N) is 2. The van der Waals surface area contributed by atoms with Crippen LogP contribution in [0.15, 0.2) is 10.4 Å². The molecule has 0 amide bonds. The highest BCUT2D eigenvalue weighted by molar-refractivity contribution is 7.91. The van der Waals surface area contributed by atoms with E-state index in [0.717, 1.165) is 23.7 Å². The van der Waals surface area contributed by atoms with Gasteiger partial charge in [0.05, 0.1) is 28.8 Å². The van der Waals surface area contributed by atoms with Crippen LogP contribution in [0.2, 0.25) is 0 Å². The van der Waals surface area contributed by atoms with Gasteiger partial charge in [0.1, 0.15) is 0 Å². The second kappa shape index (κ2) is 7.22. The van der Waals surface area contributed by atoms with E-state index >= 15 is 0 Å². The smallest absolute Gasteiger partial charge is 0.191 e. The first-order chi connectivity index (χ1) is 10.0. The van der Waals surface area contributed by atoms with Crippen LogP contribution in [0.25, 0.3) is 0 Å². The predicted octanol–water partition coefficient (Wildman–Crippen LogP) is 0.948. The summed E-state index contributed by atoms with van der Waals surface area (Å²) in [5.41, 5.74) is 0.952. The molecular weight excluding hydrogens is 308 g/mol. The molecule has 0 spiro atoms. The van der Waals surface area contributed by atoms with E-state index in [4.69, 9.17) is 0 Å². The monoisotopic (exact) mass is 330 g/mol. The fourth-order valence-corrected chi connectivity index (χ4v) is 4.58. The van der Waals surface area contributed by atoms with Crippen molar-refractivity contribution in [3.05, 3.63) is 16.1 Å². The van der Waals surface area contributed by atoms with Crippen LogP contribution in [0.4, 0.5) is 0 Å². The van der Waals surface area contributed by atoms with Crippen molar-refractivity contribution in [2.45, 2.75) is 39.3 Å². The Kier molecular flexibility index (Phi) is 5.58. The second-order valence-electron chi connectivity index (χ2n) is 5.03. The van der Waals surface area contributed by atoms with E-state index in [1.807, 2.05) is 12.3 Å². The van der Waals surface area contributed by atoms with Gasteiger partial charge in [-0.15, -0.1) is 11.3 Å². The third-order valence-corrected chi connectivity index (χ3v) is 6.03. The zero-order valence-electron chi connectivity index (χ0n) is 12.4. The lowest BCUT2D eigenvalue weighted by Crippen LogP contribution is -2.44. The molecule has 1 aliphatic heterocycles. The van der Waals surface area contributed by atoms with E-state index in [1.54, 1.807) is 11.3 Å². The molecule has 2 heterocycles. The quantitative estimate of drug-likeness (QED) is 0.620. The number of hydrogen-bond acceptors (Lipinski definition) is 5. The maximum atomic E-state index is 11.5. The van der Waals surface area contributed by atoms with Crippen molar-refractivity contribution in [2.75, 3.05) is 18.1 Å². The van der Waals surface area contributed by atoms with Crippen LogP contribution in [-0.4, -0.2) is 43.5 Å². The topological polar surface area (TPSA) is 83.4 Å². The molecule has 0 bridgehead atoms. The first-order valence-corrected chi connectivity index (χ1v) is 9.91. The summed E-state index contributed by atoms with van der Waals surface area (Å²) in [6, 6.07) is -0.0468. The van der Waals surface area contributed by atoms with Gasteiger partial charge >= 0.3 is 0 Å². The Morgan fingerprint density at radius 1 is 1.52 bits per heavy atom. The minimum Gasteiger partial charge on any atom is -0.357 e.